The van der Waals surface area contributed by atoms with Gasteiger partial charge in [-0.15, -0.1) is 0 Å². The fourth-order valence-corrected chi connectivity index (χ4v) is 5.41. The molecule has 0 aliphatic carbocycles. The molecule has 33 heavy (non-hydrogen) atoms. The average molecular weight is 486 g/mol. The van der Waals surface area contributed by atoms with Gasteiger partial charge >= 0.3 is 0 Å². The van der Waals surface area contributed by atoms with Gasteiger partial charge < -0.3 is 0 Å². The highest BCUT2D eigenvalue weighted by molar-refractivity contribution is 7.92. The van der Waals surface area contributed by atoms with E-state index < -0.39 is 36.1 Å². The SMILES string of the molecule is Cc1c(NS(=O)(=O)c2cc([N+](=O)[O-])c(C)c([N+](=O)[O-])c2)cccc1-c1nc2cccnc2s1. The minimum absolute atomic E-state index is 0.214. The topological polar surface area (TPSA) is 158 Å². The molecule has 0 spiro atoms. The molecule has 0 fully saturated rings. The van der Waals surface area contributed by atoms with E-state index in [0.29, 0.717) is 21.7 Å². The van der Waals surface area contributed by atoms with Gasteiger partial charge in [-0.2, -0.15) is 0 Å². The molecular formula is C20H15N5O6S2. The van der Waals surface area contributed by atoms with E-state index in [1.54, 1.807) is 31.3 Å². The second kappa shape index (κ2) is 8.18. The summed E-state index contributed by atoms with van der Waals surface area (Å²) in [4.78, 5) is 29.9. The van der Waals surface area contributed by atoms with Crippen molar-refractivity contribution in [2.75, 3.05) is 4.72 Å². The number of nitrogens with one attached hydrogen (secondary N) is 1. The number of hydrogen-bond acceptors (Lipinski definition) is 9. The third-order valence-electron chi connectivity index (χ3n) is 5.01. The van der Waals surface area contributed by atoms with E-state index in [1.165, 1.54) is 24.3 Å². The maximum Gasteiger partial charge on any atom is 0.280 e. The molecule has 0 aliphatic rings. The highest BCUT2D eigenvalue weighted by Crippen LogP contribution is 2.36. The number of sulfonamides is 1. The maximum absolute atomic E-state index is 13.0. The van der Waals surface area contributed by atoms with Crippen LogP contribution in [0.4, 0.5) is 17.1 Å². The van der Waals surface area contributed by atoms with E-state index in [9.17, 15) is 28.6 Å². The number of thiazole rings is 1. The minimum atomic E-state index is -4.38. The number of benzene rings is 2. The van der Waals surface area contributed by atoms with Crippen LogP contribution in [0.3, 0.4) is 0 Å². The molecule has 4 rings (SSSR count). The van der Waals surface area contributed by atoms with Gasteiger partial charge in [0.05, 0.1) is 15.5 Å². The molecule has 168 valence electrons. The van der Waals surface area contributed by atoms with Crippen LogP contribution in [0.5, 0.6) is 0 Å². The number of rotatable bonds is 6. The summed E-state index contributed by atoms with van der Waals surface area (Å²) in [6.07, 6.45) is 1.65. The van der Waals surface area contributed by atoms with Crippen molar-refractivity contribution in [1.82, 2.24) is 9.97 Å². The lowest BCUT2D eigenvalue weighted by molar-refractivity contribution is -0.395. The molecule has 0 amide bonds. The van der Waals surface area contributed by atoms with Crippen LogP contribution in [0, 0.1) is 34.1 Å². The van der Waals surface area contributed by atoms with Crippen LogP contribution < -0.4 is 4.72 Å². The summed E-state index contributed by atoms with van der Waals surface area (Å²) < 4.78 is 28.4. The molecule has 4 aromatic rings. The zero-order chi connectivity index (χ0) is 23.9. The molecular weight excluding hydrogens is 470 g/mol. The van der Waals surface area contributed by atoms with E-state index in [-0.39, 0.29) is 11.3 Å². The highest BCUT2D eigenvalue weighted by atomic mass is 32.2. The van der Waals surface area contributed by atoms with Gasteiger partial charge in [0.1, 0.15) is 25.8 Å². The van der Waals surface area contributed by atoms with E-state index in [2.05, 4.69) is 14.7 Å². The molecule has 0 atom stereocenters. The Balaban J connectivity index is 1.77. The Kier molecular flexibility index (Phi) is 5.51. The summed E-state index contributed by atoms with van der Waals surface area (Å²) in [5.74, 6) is 0. The summed E-state index contributed by atoms with van der Waals surface area (Å²) in [7, 11) is -4.38. The third kappa shape index (κ3) is 4.10. The summed E-state index contributed by atoms with van der Waals surface area (Å²) in [5.41, 5.74) is 0.628. The molecule has 0 saturated carbocycles. The lowest BCUT2D eigenvalue weighted by Gasteiger charge is -2.13. The number of fused-ring (bicyclic) bond motifs is 1. The Morgan fingerprint density at radius 1 is 0.970 bits per heavy atom. The number of nitro benzene ring substituents is 2. The van der Waals surface area contributed by atoms with Gasteiger partial charge in [-0.05, 0) is 37.6 Å². The van der Waals surface area contributed by atoms with Crippen molar-refractivity contribution >= 4 is 48.8 Å². The number of nitrogens with zero attached hydrogens (tertiary/aromatic N) is 4. The number of aromatic nitrogens is 2. The quantitative estimate of drug-likeness (QED) is 0.307. The summed E-state index contributed by atoms with van der Waals surface area (Å²) in [6.45, 7) is 2.90. The zero-order valence-electron chi connectivity index (χ0n) is 17.2. The second-order valence-corrected chi connectivity index (χ2v) is 9.69. The summed E-state index contributed by atoms with van der Waals surface area (Å²) >= 11 is 1.35. The second-order valence-electron chi connectivity index (χ2n) is 7.03. The predicted octanol–water partition coefficient (Wildman–Crippen LogP) is 4.59. The van der Waals surface area contributed by atoms with Crippen molar-refractivity contribution in [3.8, 4) is 10.6 Å². The fraction of sp³-hybridized carbons (Fsp3) is 0.100. The lowest BCUT2D eigenvalue weighted by atomic mass is 10.1. The van der Waals surface area contributed by atoms with Crippen LogP contribution >= 0.6 is 11.3 Å². The monoisotopic (exact) mass is 485 g/mol. The molecule has 2 aromatic heterocycles. The largest absolute Gasteiger partial charge is 0.280 e. The van der Waals surface area contributed by atoms with Crippen LogP contribution in [0.2, 0.25) is 0 Å². The van der Waals surface area contributed by atoms with Gasteiger partial charge in [-0.25, -0.2) is 18.4 Å². The Bertz CT molecular complexity index is 1480. The number of pyridine rings is 1. The molecule has 0 bridgehead atoms. The maximum atomic E-state index is 13.0. The van der Waals surface area contributed by atoms with Gasteiger partial charge in [0.15, 0.2) is 0 Å². The van der Waals surface area contributed by atoms with Crippen LogP contribution in [0.1, 0.15) is 11.1 Å². The Morgan fingerprint density at radius 2 is 1.64 bits per heavy atom. The van der Waals surface area contributed by atoms with Crippen molar-refractivity contribution < 1.29 is 18.3 Å². The normalized spacial score (nSPS) is 11.5. The first-order valence-corrected chi connectivity index (χ1v) is 11.7. The Labute approximate surface area is 191 Å². The van der Waals surface area contributed by atoms with E-state index in [1.807, 2.05) is 6.07 Å². The van der Waals surface area contributed by atoms with Crippen molar-refractivity contribution in [3.05, 3.63) is 80.0 Å². The first kappa shape index (κ1) is 22.2. The Hall–Kier alpha value is -3.97. The van der Waals surface area contributed by atoms with Crippen molar-refractivity contribution in [1.29, 1.82) is 0 Å². The van der Waals surface area contributed by atoms with Crippen LogP contribution in [-0.2, 0) is 10.0 Å². The summed E-state index contributed by atoms with van der Waals surface area (Å²) in [5, 5.41) is 23.3. The highest BCUT2D eigenvalue weighted by Gasteiger charge is 2.28. The molecule has 2 heterocycles. The zero-order valence-corrected chi connectivity index (χ0v) is 18.8. The number of nitro groups is 2. The minimum Gasteiger partial charge on any atom is -0.279 e. The standard InChI is InChI=1S/C20H15N5O6S2/c1-11-14(19-22-16-7-4-8-21-20(16)32-19)5-3-6-15(11)23-33(30,31)13-9-17(24(26)27)12(2)18(10-13)25(28)29/h3-10,23H,1-2H3. The van der Waals surface area contributed by atoms with Gasteiger partial charge in [0.2, 0.25) is 0 Å². The average Bonchev–Trinajstić information content (AvgIpc) is 3.18. The Morgan fingerprint density at radius 3 is 2.24 bits per heavy atom. The lowest BCUT2D eigenvalue weighted by Crippen LogP contribution is -2.15. The van der Waals surface area contributed by atoms with Gasteiger partial charge in [-0.3, -0.25) is 25.0 Å². The molecule has 11 nitrogen and oxygen atoms in total. The fourth-order valence-electron chi connectivity index (χ4n) is 3.26. The van der Waals surface area contributed by atoms with E-state index in [0.717, 1.165) is 17.0 Å². The number of hydrogen-bond donors (Lipinski definition) is 1. The van der Waals surface area contributed by atoms with Gasteiger partial charge in [0.25, 0.3) is 21.4 Å². The predicted molar refractivity (Wildman–Crippen MR) is 123 cm³/mol. The van der Waals surface area contributed by atoms with Crippen LogP contribution in [0.15, 0.2) is 53.6 Å². The van der Waals surface area contributed by atoms with Crippen molar-refractivity contribution in [3.63, 3.8) is 0 Å². The molecule has 0 saturated heterocycles. The molecule has 0 radical (unpaired) electrons. The third-order valence-corrected chi connectivity index (χ3v) is 7.36. The van der Waals surface area contributed by atoms with Crippen LogP contribution in [0.25, 0.3) is 20.9 Å². The molecule has 1 N–H and O–H groups in total. The van der Waals surface area contributed by atoms with Gasteiger partial charge in [-0.1, -0.05) is 23.5 Å². The molecule has 13 heteroatoms. The van der Waals surface area contributed by atoms with Crippen molar-refractivity contribution in [2.24, 2.45) is 0 Å². The van der Waals surface area contributed by atoms with Gasteiger partial charge in [0, 0.05) is 23.9 Å². The number of anilines is 1. The van der Waals surface area contributed by atoms with E-state index in [4.69, 9.17) is 0 Å². The first-order valence-electron chi connectivity index (χ1n) is 9.36. The molecule has 0 unspecified atom stereocenters. The smallest absolute Gasteiger partial charge is 0.279 e. The summed E-state index contributed by atoms with van der Waals surface area (Å²) in [6, 6.07) is 10.2. The first-order chi connectivity index (χ1) is 15.6. The molecule has 0 aliphatic heterocycles. The van der Waals surface area contributed by atoms with Crippen molar-refractivity contribution in [2.45, 2.75) is 18.7 Å². The van der Waals surface area contributed by atoms with Crippen LogP contribution in [-0.4, -0.2) is 28.2 Å². The van der Waals surface area contributed by atoms with E-state index >= 15 is 0 Å². The molecule has 2 aromatic carbocycles.